The fraction of sp³-hybridized carbons (Fsp3) is 0.263. The molecule has 2 aromatic rings. The van der Waals surface area contributed by atoms with Crippen molar-refractivity contribution < 1.29 is 19.3 Å². The molecule has 2 rings (SSSR count). The van der Waals surface area contributed by atoms with E-state index in [9.17, 15) is 14.9 Å². The number of amides is 1. The molecule has 8 heteroatoms. The predicted molar refractivity (Wildman–Crippen MR) is 102 cm³/mol. The van der Waals surface area contributed by atoms with Crippen molar-refractivity contribution in [3.63, 3.8) is 0 Å². The van der Waals surface area contributed by atoms with Crippen molar-refractivity contribution >= 4 is 23.5 Å². The third-order valence-corrected chi connectivity index (χ3v) is 3.75. The first kappa shape index (κ1) is 19.9. The van der Waals surface area contributed by atoms with Crippen molar-refractivity contribution in [2.45, 2.75) is 19.8 Å². The lowest BCUT2D eigenvalue weighted by Crippen LogP contribution is -2.17. The van der Waals surface area contributed by atoms with Crippen LogP contribution in [-0.2, 0) is 9.63 Å². The van der Waals surface area contributed by atoms with Crippen molar-refractivity contribution in [1.82, 2.24) is 0 Å². The maximum atomic E-state index is 11.9. The van der Waals surface area contributed by atoms with Gasteiger partial charge in [-0.1, -0.05) is 43.3 Å². The zero-order chi connectivity index (χ0) is 19.8. The van der Waals surface area contributed by atoms with Gasteiger partial charge in [-0.2, -0.15) is 0 Å². The van der Waals surface area contributed by atoms with E-state index in [0.717, 1.165) is 5.56 Å². The van der Waals surface area contributed by atoms with Crippen molar-refractivity contribution in [1.29, 1.82) is 0 Å². The van der Waals surface area contributed by atoms with Crippen LogP contribution >= 0.6 is 0 Å². The van der Waals surface area contributed by atoms with Gasteiger partial charge in [0.1, 0.15) is 5.75 Å². The molecule has 0 atom stereocenters. The Morgan fingerprint density at radius 1 is 1.26 bits per heavy atom. The van der Waals surface area contributed by atoms with Crippen LogP contribution in [0.1, 0.15) is 30.9 Å². The zero-order valence-corrected chi connectivity index (χ0v) is 15.3. The molecule has 0 saturated carbocycles. The van der Waals surface area contributed by atoms with Crippen LogP contribution in [0, 0.1) is 10.1 Å². The molecule has 0 aromatic heterocycles. The minimum Gasteiger partial charge on any atom is -0.494 e. The standard InChI is InChI=1S/C19H21N3O5/c1-13(2)15-6-4-14(5-7-15)11-20-27-12-19(23)21-17-9-8-16(22(24)25)10-18(17)26-3/h4-11,13H,12H2,1-3H3,(H,21,23)/b20-11-. The molecule has 27 heavy (non-hydrogen) atoms. The Kier molecular flexibility index (Phi) is 6.87. The van der Waals surface area contributed by atoms with Gasteiger partial charge in [0.25, 0.3) is 11.6 Å². The average Bonchev–Trinajstić information content (AvgIpc) is 2.65. The molecule has 1 N–H and O–H groups in total. The number of methoxy groups -OCH3 is 1. The molecular formula is C19H21N3O5. The highest BCUT2D eigenvalue weighted by Gasteiger charge is 2.13. The number of hydrogen-bond donors (Lipinski definition) is 1. The highest BCUT2D eigenvalue weighted by atomic mass is 16.6. The molecule has 0 aliphatic rings. The van der Waals surface area contributed by atoms with E-state index in [-0.39, 0.29) is 18.0 Å². The van der Waals surface area contributed by atoms with Crippen LogP contribution in [0.25, 0.3) is 0 Å². The van der Waals surface area contributed by atoms with Gasteiger partial charge >= 0.3 is 0 Å². The molecule has 0 radical (unpaired) electrons. The maximum Gasteiger partial charge on any atom is 0.273 e. The minimum atomic E-state index is -0.542. The molecule has 0 aliphatic heterocycles. The summed E-state index contributed by atoms with van der Waals surface area (Å²) in [7, 11) is 1.36. The van der Waals surface area contributed by atoms with E-state index in [4.69, 9.17) is 9.57 Å². The lowest BCUT2D eigenvalue weighted by molar-refractivity contribution is -0.384. The third kappa shape index (κ3) is 5.81. The van der Waals surface area contributed by atoms with Gasteiger partial charge in [0.05, 0.1) is 30.0 Å². The van der Waals surface area contributed by atoms with Gasteiger partial charge in [-0.25, -0.2) is 0 Å². The summed E-state index contributed by atoms with van der Waals surface area (Å²) >= 11 is 0. The Labute approximate surface area is 156 Å². The Morgan fingerprint density at radius 2 is 1.96 bits per heavy atom. The number of carbonyl (C=O) groups excluding carboxylic acids is 1. The number of benzene rings is 2. The van der Waals surface area contributed by atoms with Gasteiger partial charge in [-0.15, -0.1) is 0 Å². The van der Waals surface area contributed by atoms with E-state index in [2.05, 4.69) is 24.3 Å². The Bertz CT molecular complexity index is 832. The Balaban J connectivity index is 1.88. The SMILES string of the molecule is COc1cc([N+](=O)[O-])ccc1NC(=O)CO/N=C\c1ccc(C(C)C)cc1. The average molecular weight is 371 g/mol. The second-order valence-electron chi connectivity index (χ2n) is 6.02. The van der Waals surface area contributed by atoms with Crippen LogP contribution in [0.4, 0.5) is 11.4 Å². The van der Waals surface area contributed by atoms with E-state index in [1.165, 1.54) is 37.1 Å². The number of carbonyl (C=O) groups is 1. The van der Waals surface area contributed by atoms with Crippen LogP contribution in [0.2, 0.25) is 0 Å². The number of hydrogen-bond acceptors (Lipinski definition) is 6. The molecule has 0 unspecified atom stereocenters. The highest BCUT2D eigenvalue weighted by molar-refractivity contribution is 5.93. The minimum absolute atomic E-state index is 0.130. The predicted octanol–water partition coefficient (Wildman–Crippen LogP) is 3.72. The van der Waals surface area contributed by atoms with Gasteiger partial charge < -0.3 is 14.9 Å². The summed E-state index contributed by atoms with van der Waals surface area (Å²) in [5.74, 6) is 0.174. The molecule has 0 aliphatic carbocycles. The monoisotopic (exact) mass is 371 g/mol. The summed E-state index contributed by atoms with van der Waals surface area (Å²) in [6.45, 7) is 3.93. The van der Waals surface area contributed by atoms with Crippen molar-refractivity contribution in [3.8, 4) is 5.75 Å². The Morgan fingerprint density at radius 3 is 2.56 bits per heavy atom. The summed E-state index contributed by atoms with van der Waals surface area (Å²) in [5.41, 5.74) is 2.26. The number of nitro benzene ring substituents is 1. The maximum absolute atomic E-state index is 11.9. The second-order valence-corrected chi connectivity index (χ2v) is 6.02. The van der Waals surface area contributed by atoms with Gasteiger partial charge in [-0.3, -0.25) is 14.9 Å². The van der Waals surface area contributed by atoms with E-state index >= 15 is 0 Å². The first-order valence-electron chi connectivity index (χ1n) is 8.28. The van der Waals surface area contributed by atoms with Gasteiger partial charge in [0.15, 0.2) is 6.61 Å². The zero-order valence-electron chi connectivity index (χ0n) is 15.3. The van der Waals surface area contributed by atoms with E-state index in [1.807, 2.05) is 24.3 Å². The van der Waals surface area contributed by atoms with Crippen molar-refractivity contribution in [2.24, 2.45) is 5.16 Å². The summed E-state index contributed by atoms with van der Waals surface area (Å²) in [6.07, 6.45) is 1.52. The molecule has 142 valence electrons. The van der Waals surface area contributed by atoms with Gasteiger partial charge in [-0.05, 0) is 23.1 Å². The number of anilines is 1. The molecular weight excluding hydrogens is 350 g/mol. The number of non-ortho nitro benzene ring substituents is 1. The quantitative estimate of drug-likeness (QED) is 0.433. The lowest BCUT2D eigenvalue weighted by atomic mass is 10.0. The summed E-state index contributed by atoms with van der Waals surface area (Å²) < 4.78 is 5.06. The van der Waals surface area contributed by atoms with E-state index in [0.29, 0.717) is 11.6 Å². The van der Waals surface area contributed by atoms with Crippen LogP contribution < -0.4 is 10.1 Å². The topological polar surface area (TPSA) is 103 Å². The van der Waals surface area contributed by atoms with E-state index in [1.54, 1.807) is 0 Å². The molecule has 0 saturated heterocycles. The number of oxime groups is 1. The summed E-state index contributed by atoms with van der Waals surface area (Å²) in [5, 5.41) is 17.1. The molecule has 2 aromatic carbocycles. The Hall–Kier alpha value is -3.42. The van der Waals surface area contributed by atoms with Gasteiger partial charge in [0.2, 0.25) is 0 Å². The lowest BCUT2D eigenvalue weighted by Gasteiger charge is -2.09. The fourth-order valence-electron chi connectivity index (χ4n) is 2.24. The molecule has 1 amide bonds. The van der Waals surface area contributed by atoms with Crippen LogP contribution in [0.15, 0.2) is 47.6 Å². The number of ether oxygens (including phenoxy) is 1. The van der Waals surface area contributed by atoms with Crippen molar-refractivity contribution in [2.75, 3.05) is 19.0 Å². The third-order valence-electron chi connectivity index (χ3n) is 3.75. The molecule has 8 nitrogen and oxygen atoms in total. The molecule has 0 fully saturated rings. The highest BCUT2D eigenvalue weighted by Crippen LogP contribution is 2.28. The number of nitrogens with zero attached hydrogens (tertiary/aromatic N) is 2. The molecule has 0 spiro atoms. The largest absolute Gasteiger partial charge is 0.494 e. The normalized spacial score (nSPS) is 10.8. The number of nitrogens with one attached hydrogen (secondary N) is 1. The number of nitro groups is 1. The van der Waals surface area contributed by atoms with E-state index < -0.39 is 10.8 Å². The summed E-state index contributed by atoms with van der Waals surface area (Å²) in [4.78, 5) is 27.2. The van der Waals surface area contributed by atoms with Gasteiger partial charge in [0, 0.05) is 6.07 Å². The first-order valence-corrected chi connectivity index (χ1v) is 8.28. The smallest absolute Gasteiger partial charge is 0.273 e. The van der Waals surface area contributed by atoms with Crippen molar-refractivity contribution in [3.05, 3.63) is 63.7 Å². The molecule has 0 heterocycles. The summed E-state index contributed by atoms with van der Waals surface area (Å²) in [6, 6.07) is 11.8. The van der Waals surface area contributed by atoms with Crippen LogP contribution in [0.5, 0.6) is 5.75 Å². The fourth-order valence-corrected chi connectivity index (χ4v) is 2.24. The molecule has 0 bridgehead atoms. The second kappa shape index (κ2) is 9.33. The van der Waals surface area contributed by atoms with Crippen LogP contribution in [0.3, 0.4) is 0 Å². The van der Waals surface area contributed by atoms with Crippen LogP contribution in [-0.4, -0.2) is 30.8 Å². The number of rotatable bonds is 8. The first-order chi connectivity index (χ1) is 12.9.